The van der Waals surface area contributed by atoms with Crippen molar-refractivity contribution in [3.8, 4) is 5.75 Å². The van der Waals surface area contributed by atoms with E-state index in [0.717, 1.165) is 5.69 Å². The predicted molar refractivity (Wildman–Crippen MR) is 81.9 cm³/mol. The minimum atomic E-state index is -0.166. The molecule has 0 saturated heterocycles. The van der Waals surface area contributed by atoms with Gasteiger partial charge in [0.2, 0.25) is 0 Å². The largest absolute Gasteiger partial charge is 0.482 e. The number of carbonyl (C=O) groups excluding carboxylic acids is 1. The zero-order chi connectivity index (χ0) is 14.1. The van der Waals surface area contributed by atoms with Gasteiger partial charge in [-0.05, 0) is 24.4 Å². The lowest BCUT2D eigenvalue weighted by atomic mass is 10.2. The molecule has 1 aromatic heterocycles. The van der Waals surface area contributed by atoms with Crippen molar-refractivity contribution in [2.75, 3.05) is 17.2 Å². The third-order valence-electron chi connectivity index (χ3n) is 3.04. The predicted octanol–water partition coefficient (Wildman–Crippen LogP) is 3.91. The molecule has 1 unspecified atom stereocenters. The van der Waals surface area contributed by atoms with E-state index < -0.39 is 0 Å². The van der Waals surface area contributed by atoms with Crippen LogP contribution in [0.2, 0.25) is 5.02 Å². The second-order valence-electron chi connectivity index (χ2n) is 4.55. The van der Waals surface area contributed by atoms with Crippen LogP contribution in [0.3, 0.4) is 0 Å². The molecule has 0 fully saturated rings. The third kappa shape index (κ3) is 2.59. The number of anilines is 2. The molecule has 1 aliphatic heterocycles. The van der Waals surface area contributed by atoms with Crippen molar-refractivity contribution in [2.24, 2.45) is 0 Å². The number of benzene rings is 1. The topological polar surface area (TPSA) is 50.4 Å². The summed E-state index contributed by atoms with van der Waals surface area (Å²) in [5.41, 5.74) is 1.41. The van der Waals surface area contributed by atoms with Crippen molar-refractivity contribution in [2.45, 2.75) is 13.0 Å². The van der Waals surface area contributed by atoms with Gasteiger partial charge in [-0.25, -0.2) is 0 Å². The van der Waals surface area contributed by atoms with Crippen LogP contribution in [0.1, 0.15) is 17.8 Å². The molecule has 0 radical (unpaired) electrons. The van der Waals surface area contributed by atoms with Crippen LogP contribution < -0.4 is 15.4 Å². The first kappa shape index (κ1) is 13.3. The van der Waals surface area contributed by atoms with E-state index in [4.69, 9.17) is 16.3 Å². The van der Waals surface area contributed by atoms with Crippen LogP contribution in [-0.2, 0) is 4.79 Å². The maximum Gasteiger partial charge on any atom is 0.262 e. The van der Waals surface area contributed by atoms with E-state index in [1.807, 2.05) is 17.5 Å². The molecule has 1 aromatic carbocycles. The van der Waals surface area contributed by atoms with E-state index in [-0.39, 0.29) is 18.6 Å². The van der Waals surface area contributed by atoms with Crippen LogP contribution in [-0.4, -0.2) is 12.5 Å². The van der Waals surface area contributed by atoms with Gasteiger partial charge in [0, 0.05) is 10.9 Å². The minimum Gasteiger partial charge on any atom is -0.482 e. The van der Waals surface area contributed by atoms with Gasteiger partial charge in [0.15, 0.2) is 6.61 Å². The zero-order valence-electron chi connectivity index (χ0n) is 10.8. The fourth-order valence-electron chi connectivity index (χ4n) is 2.05. The van der Waals surface area contributed by atoms with Gasteiger partial charge in [-0.15, -0.1) is 11.3 Å². The molecule has 2 aromatic rings. The Balaban J connectivity index is 1.85. The number of rotatable bonds is 3. The average Bonchev–Trinajstić information content (AvgIpc) is 2.94. The molecule has 0 saturated carbocycles. The molecular weight excluding hydrogens is 296 g/mol. The SMILES string of the molecule is CC(Nc1cc2c(cc1Cl)NC(=O)CO2)c1cccs1. The number of thiophene rings is 1. The second-order valence-corrected chi connectivity index (χ2v) is 5.93. The first-order valence-electron chi connectivity index (χ1n) is 6.19. The maximum atomic E-state index is 11.3. The first-order chi connectivity index (χ1) is 9.63. The molecule has 3 rings (SSSR count). The number of halogens is 1. The van der Waals surface area contributed by atoms with Crippen molar-refractivity contribution >= 4 is 40.2 Å². The molecule has 1 aliphatic rings. The summed E-state index contributed by atoms with van der Waals surface area (Å²) in [6.07, 6.45) is 0. The molecule has 0 spiro atoms. The highest BCUT2D eigenvalue weighted by atomic mass is 35.5. The van der Waals surface area contributed by atoms with Gasteiger partial charge in [-0.1, -0.05) is 17.7 Å². The van der Waals surface area contributed by atoms with Crippen molar-refractivity contribution in [3.63, 3.8) is 0 Å². The molecule has 20 heavy (non-hydrogen) atoms. The number of nitrogens with one attached hydrogen (secondary N) is 2. The Kier molecular flexibility index (Phi) is 3.54. The van der Waals surface area contributed by atoms with Crippen molar-refractivity contribution < 1.29 is 9.53 Å². The van der Waals surface area contributed by atoms with Crippen LogP contribution in [0.15, 0.2) is 29.6 Å². The number of hydrogen-bond donors (Lipinski definition) is 2. The number of hydrogen-bond acceptors (Lipinski definition) is 4. The highest BCUT2D eigenvalue weighted by Gasteiger charge is 2.19. The molecule has 2 N–H and O–H groups in total. The van der Waals surface area contributed by atoms with Gasteiger partial charge in [-0.3, -0.25) is 4.79 Å². The van der Waals surface area contributed by atoms with Crippen LogP contribution in [0, 0.1) is 0 Å². The second kappa shape index (κ2) is 5.34. The minimum absolute atomic E-state index is 0.0363. The molecular formula is C14H13ClN2O2S. The summed E-state index contributed by atoms with van der Waals surface area (Å²) in [6, 6.07) is 7.78. The third-order valence-corrected chi connectivity index (χ3v) is 4.41. The molecule has 6 heteroatoms. The fourth-order valence-corrected chi connectivity index (χ4v) is 3.01. The summed E-state index contributed by atoms with van der Waals surface area (Å²) in [7, 11) is 0. The zero-order valence-corrected chi connectivity index (χ0v) is 12.3. The Morgan fingerprint density at radius 1 is 1.50 bits per heavy atom. The van der Waals surface area contributed by atoms with Crippen molar-refractivity contribution in [1.82, 2.24) is 0 Å². The maximum absolute atomic E-state index is 11.3. The Labute approximate surface area is 125 Å². The number of carbonyl (C=O) groups is 1. The lowest BCUT2D eigenvalue weighted by molar-refractivity contribution is -0.118. The van der Waals surface area contributed by atoms with E-state index in [1.165, 1.54) is 4.88 Å². The quantitative estimate of drug-likeness (QED) is 0.904. The van der Waals surface area contributed by atoms with Crippen LogP contribution in [0.4, 0.5) is 11.4 Å². The van der Waals surface area contributed by atoms with Gasteiger partial charge in [-0.2, -0.15) is 0 Å². The summed E-state index contributed by atoms with van der Waals surface area (Å²) in [4.78, 5) is 12.5. The van der Waals surface area contributed by atoms with Gasteiger partial charge in [0.25, 0.3) is 5.91 Å². The van der Waals surface area contributed by atoms with Crippen molar-refractivity contribution in [1.29, 1.82) is 0 Å². The fraction of sp³-hybridized carbons (Fsp3) is 0.214. The normalized spacial score (nSPS) is 15.0. The first-order valence-corrected chi connectivity index (χ1v) is 7.45. The molecule has 1 amide bonds. The smallest absolute Gasteiger partial charge is 0.262 e. The summed E-state index contributed by atoms with van der Waals surface area (Å²) in [5, 5.41) is 8.69. The molecule has 2 heterocycles. The van der Waals surface area contributed by atoms with E-state index in [9.17, 15) is 4.79 Å². The summed E-state index contributed by atoms with van der Waals surface area (Å²) in [6.45, 7) is 2.11. The average molecular weight is 309 g/mol. The highest BCUT2D eigenvalue weighted by molar-refractivity contribution is 7.10. The molecule has 0 bridgehead atoms. The molecule has 1 atom stereocenters. The van der Waals surface area contributed by atoms with Gasteiger partial charge in [0.05, 0.1) is 22.4 Å². The standard InChI is InChI=1S/C14H13ClN2O2S/c1-8(13-3-2-4-20-13)16-10-6-12-11(5-9(10)15)17-14(18)7-19-12/h2-6,8,16H,7H2,1H3,(H,17,18). The summed E-state index contributed by atoms with van der Waals surface area (Å²) >= 11 is 7.94. The monoisotopic (exact) mass is 308 g/mol. The van der Waals surface area contributed by atoms with E-state index >= 15 is 0 Å². The molecule has 4 nitrogen and oxygen atoms in total. The van der Waals surface area contributed by atoms with Gasteiger partial charge in [0.1, 0.15) is 5.75 Å². The van der Waals surface area contributed by atoms with Crippen LogP contribution >= 0.6 is 22.9 Å². The Morgan fingerprint density at radius 2 is 2.35 bits per heavy atom. The Hall–Kier alpha value is -1.72. The van der Waals surface area contributed by atoms with Crippen LogP contribution in [0.25, 0.3) is 0 Å². The Bertz CT molecular complexity index is 643. The molecule has 104 valence electrons. The van der Waals surface area contributed by atoms with E-state index in [2.05, 4.69) is 23.6 Å². The number of fused-ring (bicyclic) bond motifs is 1. The number of ether oxygens (including phenoxy) is 1. The van der Waals surface area contributed by atoms with E-state index in [1.54, 1.807) is 17.4 Å². The van der Waals surface area contributed by atoms with Gasteiger partial charge >= 0.3 is 0 Å². The highest BCUT2D eigenvalue weighted by Crippen LogP contribution is 2.37. The van der Waals surface area contributed by atoms with Crippen LogP contribution in [0.5, 0.6) is 5.75 Å². The summed E-state index contributed by atoms with van der Waals surface area (Å²) < 4.78 is 5.40. The lowest BCUT2D eigenvalue weighted by Gasteiger charge is -2.21. The summed E-state index contributed by atoms with van der Waals surface area (Å²) in [5.74, 6) is 0.469. The number of amides is 1. The Morgan fingerprint density at radius 3 is 3.10 bits per heavy atom. The molecule has 0 aliphatic carbocycles. The lowest BCUT2D eigenvalue weighted by Crippen LogP contribution is -2.25. The van der Waals surface area contributed by atoms with Gasteiger partial charge < -0.3 is 15.4 Å². The van der Waals surface area contributed by atoms with Crippen molar-refractivity contribution in [3.05, 3.63) is 39.5 Å². The van der Waals surface area contributed by atoms with E-state index in [0.29, 0.717) is 16.5 Å².